The third kappa shape index (κ3) is 1.76. The summed E-state index contributed by atoms with van der Waals surface area (Å²) < 4.78 is 11.0. The Labute approximate surface area is 131 Å². The fraction of sp³-hybridized carbons (Fsp3) is 0.611. The molecule has 1 aliphatic carbocycles. The Morgan fingerprint density at radius 3 is 2.68 bits per heavy atom. The van der Waals surface area contributed by atoms with Crippen LogP contribution in [0.5, 0.6) is 11.5 Å². The summed E-state index contributed by atoms with van der Waals surface area (Å²) in [6.07, 6.45) is 4.60. The number of fused-ring (bicyclic) bond motifs is 1. The molecule has 3 aliphatic rings. The van der Waals surface area contributed by atoms with E-state index in [2.05, 4.69) is 17.0 Å². The lowest BCUT2D eigenvalue weighted by Crippen LogP contribution is -2.52. The van der Waals surface area contributed by atoms with E-state index in [4.69, 9.17) is 9.47 Å². The molecule has 4 nitrogen and oxygen atoms in total. The Balaban J connectivity index is 1.87. The average Bonchev–Trinajstić information content (AvgIpc) is 2.92. The summed E-state index contributed by atoms with van der Waals surface area (Å²) in [7, 11) is 3.38. The highest BCUT2D eigenvalue weighted by atomic mass is 16.5. The molecule has 2 unspecified atom stereocenters. The van der Waals surface area contributed by atoms with Crippen LogP contribution in [0.1, 0.15) is 36.8 Å². The third-order valence-corrected chi connectivity index (χ3v) is 5.97. The Kier molecular flexibility index (Phi) is 3.19. The molecule has 4 heteroatoms. The van der Waals surface area contributed by atoms with E-state index in [0.717, 1.165) is 50.3 Å². The standard InChI is InChI=1S/C18H23NO3/c1-21-16-9-12-4-7-19-8-5-13-10-14(20)3-6-18(13,19)15(12)11-17(16)22-2/h9,11,13H,3-8,10H2,1-2H3. The number of carbonyl (C=O) groups is 1. The van der Waals surface area contributed by atoms with Crippen molar-refractivity contribution in [2.24, 2.45) is 5.92 Å². The molecule has 0 radical (unpaired) electrons. The first-order valence-corrected chi connectivity index (χ1v) is 8.21. The van der Waals surface area contributed by atoms with Gasteiger partial charge in [-0.05, 0) is 55.0 Å². The number of rotatable bonds is 2. The van der Waals surface area contributed by atoms with Crippen molar-refractivity contribution in [1.82, 2.24) is 4.90 Å². The molecule has 4 rings (SSSR count). The van der Waals surface area contributed by atoms with Crippen molar-refractivity contribution in [2.45, 2.75) is 37.6 Å². The number of carbonyl (C=O) groups excluding carboxylic acids is 1. The predicted octanol–water partition coefficient (Wildman–Crippen LogP) is 2.53. The second-order valence-electron chi connectivity index (χ2n) is 6.75. The van der Waals surface area contributed by atoms with E-state index in [9.17, 15) is 4.79 Å². The van der Waals surface area contributed by atoms with Gasteiger partial charge in [-0.15, -0.1) is 0 Å². The minimum atomic E-state index is 0.0566. The summed E-state index contributed by atoms with van der Waals surface area (Å²) in [5.74, 6) is 2.52. The fourth-order valence-electron chi connectivity index (χ4n) is 4.97. The number of hydrogen-bond donors (Lipinski definition) is 0. The van der Waals surface area contributed by atoms with Crippen molar-refractivity contribution < 1.29 is 14.3 Å². The Hall–Kier alpha value is -1.55. The largest absolute Gasteiger partial charge is 0.493 e. The van der Waals surface area contributed by atoms with Gasteiger partial charge in [0.1, 0.15) is 5.78 Å². The first kappa shape index (κ1) is 14.1. The quantitative estimate of drug-likeness (QED) is 0.841. The molecule has 2 fully saturated rings. The molecule has 2 aliphatic heterocycles. The monoisotopic (exact) mass is 301 g/mol. The molecular weight excluding hydrogens is 278 g/mol. The molecule has 0 amide bonds. The van der Waals surface area contributed by atoms with Crippen molar-refractivity contribution in [3.63, 3.8) is 0 Å². The van der Waals surface area contributed by atoms with Crippen LogP contribution in [0, 0.1) is 5.92 Å². The lowest BCUT2D eigenvalue weighted by molar-refractivity contribution is -0.124. The van der Waals surface area contributed by atoms with Gasteiger partial charge in [0.2, 0.25) is 0 Å². The first-order chi connectivity index (χ1) is 10.7. The lowest BCUT2D eigenvalue weighted by Gasteiger charge is -2.49. The molecule has 1 aromatic carbocycles. The predicted molar refractivity (Wildman–Crippen MR) is 83.5 cm³/mol. The highest BCUT2D eigenvalue weighted by Crippen LogP contribution is 2.55. The maximum atomic E-state index is 11.9. The van der Waals surface area contributed by atoms with Gasteiger partial charge >= 0.3 is 0 Å². The van der Waals surface area contributed by atoms with Gasteiger partial charge in [0.05, 0.1) is 19.8 Å². The van der Waals surface area contributed by atoms with Crippen LogP contribution in [0.4, 0.5) is 0 Å². The second kappa shape index (κ2) is 4.98. The van der Waals surface area contributed by atoms with Crippen LogP contribution in [0.15, 0.2) is 12.1 Å². The molecule has 1 saturated carbocycles. The minimum absolute atomic E-state index is 0.0566. The van der Waals surface area contributed by atoms with Crippen LogP contribution in [0.25, 0.3) is 0 Å². The summed E-state index contributed by atoms with van der Waals surface area (Å²) in [4.78, 5) is 14.6. The van der Waals surface area contributed by atoms with Crippen LogP contribution in [-0.4, -0.2) is 38.0 Å². The molecular formula is C18H23NO3. The Morgan fingerprint density at radius 1 is 1.14 bits per heavy atom. The Morgan fingerprint density at radius 2 is 1.91 bits per heavy atom. The lowest BCUT2D eigenvalue weighted by atomic mass is 9.66. The summed E-state index contributed by atoms with van der Waals surface area (Å²) in [6, 6.07) is 4.32. The molecule has 0 bridgehead atoms. The molecule has 1 aromatic rings. The van der Waals surface area contributed by atoms with Crippen LogP contribution < -0.4 is 9.47 Å². The molecule has 2 heterocycles. The van der Waals surface area contributed by atoms with E-state index in [1.165, 1.54) is 11.1 Å². The van der Waals surface area contributed by atoms with Crippen molar-refractivity contribution in [3.05, 3.63) is 23.3 Å². The van der Waals surface area contributed by atoms with Gasteiger partial charge in [-0.25, -0.2) is 0 Å². The van der Waals surface area contributed by atoms with Gasteiger partial charge in [0.15, 0.2) is 11.5 Å². The van der Waals surface area contributed by atoms with Gasteiger partial charge in [-0.1, -0.05) is 0 Å². The van der Waals surface area contributed by atoms with E-state index in [1.807, 2.05) is 0 Å². The Bertz CT molecular complexity index is 627. The highest BCUT2D eigenvalue weighted by Gasteiger charge is 2.54. The van der Waals surface area contributed by atoms with Crippen LogP contribution in [0.2, 0.25) is 0 Å². The van der Waals surface area contributed by atoms with Gasteiger partial charge < -0.3 is 9.47 Å². The van der Waals surface area contributed by atoms with Crippen molar-refractivity contribution in [1.29, 1.82) is 0 Å². The molecule has 1 spiro atoms. The third-order valence-electron chi connectivity index (χ3n) is 5.97. The van der Waals surface area contributed by atoms with Gasteiger partial charge in [0.25, 0.3) is 0 Å². The normalized spacial score (nSPS) is 30.5. The van der Waals surface area contributed by atoms with E-state index in [0.29, 0.717) is 18.1 Å². The SMILES string of the molecule is COc1cc2c(cc1OC)C13CCC(=O)CC1CCN3CC2. The summed E-state index contributed by atoms with van der Waals surface area (Å²) in [5.41, 5.74) is 2.81. The van der Waals surface area contributed by atoms with Gasteiger partial charge in [-0.2, -0.15) is 0 Å². The maximum absolute atomic E-state index is 11.9. The number of ketones is 1. The van der Waals surface area contributed by atoms with E-state index in [1.54, 1.807) is 14.2 Å². The van der Waals surface area contributed by atoms with Gasteiger partial charge in [0, 0.05) is 19.4 Å². The summed E-state index contributed by atoms with van der Waals surface area (Å²) >= 11 is 0. The molecule has 22 heavy (non-hydrogen) atoms. The number of ether oxygens (including phenoxy) is 2. The second-order valence-corrected chi connectivity index (χ2v) is 6.75. The number of methoxy groups -OCH3 is 2. The first-order valence-electron chi connectivity index (χ1n) is 8.21. The van der Waals surface area contributed by atoms with Crippen LogP contribution in [0.3, 0.4) is 0 Å². The summed E-state index contributed by atoms with van der Waals surface area (Å²) in [6.45, 7) is 2.21. The number of Topliss-reactive ketones (excluding diaryl/α,β-unsaturated/α-hetero) is 1. The molecule has 118 valence electrons. The van der Waals surface area contributed by atoms with E-state index in [-0.39, 0.29) is 5.54 Å². The topological polar surface area (TPSA) is 38.8 Å². The highest BCUT2D eigenvalue weighted by molar-refractivity contribution is 5.80. The maximum Gasteiger partial charge on any atom is 0.161 e. The zero-order chi connectivity index (χ0) is 15.3. The zero-order valence-electron chi connectivity index (χ0n) is 13.4. The zero-order valence-corrected chi connectivity index (χ0v) is 13.4. The van der Waals surface area contributed by atoms with Crippen LogP contribution >= 0.6 is 0 Å². The molecule has 1 saturated heterocycles. The number of nitrogens with zero attached hydrogens (tertiary/aromatic N) is 1. The van der Waals surface area contributed by atoms with Gasteiger partial charge in [-0.3, -0.25) is 9.69 Å². The van der Waals surface area contributed by atoms with Crippen molar-refractivity contribution >= 4 is 5.78 Å². The van der Waals surface area contributed by atoms with E-state index < -0.39 is 0 Å². The number of hydrogen-bond acceptors (Lipinski definition) is 4. The molecule has 0 aromatic heterocycles. The van der Waals surface area contributed by atoms with Crippen molar-refractivity contribution in [2.75, 3.05) is 27.3 Å². The average molecular weight is 301 g/mol. The summed E-state index contributed by atoms with van der Waals surface area (Å²) in [5, 5.41) is 0. The molecule has 2 atom stereocenters. The van der Waals surface area contributed by atoms with Crippen LogP contribution in [-0.2, 0) is 16.8 Å². The number of benzene rings is 1. The van der Waals surface area contributed by atoms with E-state index >= 15 is 0 Å². The smallest absolute Gasteiger partial charge is 0.161 e. The fourth-order valence-corrected chi connectivity index (χ4v) is 4.97. The minimum Gasteiger partial charge on any atom is -0.493 e. The molecule has 0 N–H and O–H groups in total. The van der Waals surface area contributed by atoms with Crippen molar-refractivity contribution in [3.8, 4) is 11.5 Å².